The maximum absolute atomic E-state index is 10.2. The predicted octanol–water partition coefficient (Wildman–Crippen LogP) is 1.89. The van der Waals surface area contributed by atoms with Crippen molar-refractivity contribution in [3.05, 3.63) is 0 Å². The van der Waals surface area contributed by atoms with E-state index in [2.05, 4.69) is 18.7 Å². The number of rotatable bonds is 2. The molecule has 0 aromatic rings. The van der Waals surface area contributed by atoms with Crippen molar-refractivity contribution >= 4 is 0 Å². The molecule has 1 heterocycles. The van der Waals surface area contributed by atoms with Crippen molar-refractivity contribution in [2.75, 3.05) is 26.3 Å². The summed E-state index contributed by atoms with van der Waals surface area (Å²) in [6.07, 6.45) is 4.32. The van der Waals surface area contributed by atoms with Crippen molar-refractivity contribution in [2.24, 2.45) is 11.8 Å². The summed E-state index contributed by atoms with van der Waals surface area (Å²) in [6.45, 7) is 8.41. The van der Waals surface area contributed by atoms with E-state index in [1.807, 2.05) is 0 Å². The van der Waals surface area contributed by atoms with E-state index in [4.69, 9.17) is 4.74 Å². The fourth-order valence-electron chi connectivity index (χ4n) is 3.26. The number of nitrogens with zero attached hydrogens (tertiary/aromatic N) is 1. The monoisotopic (exact) mass is 241 g/mol. The molecule has 1 aliphatic carbocycles. The lowest BCUT2D eigenvalue weighted by molar-refractivity contribution is -0.00508. The summed E-state index contributed by atoms with van der Waals surface area (Å²) in [5.41, 5.74) is 0. The van der Waals surface area contributed by atoms with Crippen molar-refractivity contribution < 1.29 is 9.84 Å². The second-order valence-corrected chi connectivity index (χ2v) is 5.95. The van der Waals surface area contributed by atoms with Gasteiger partial charge in [0.2, 0.25) is 0 Å². The summed E-state index contributed by atoms with van der Waals surface area (Å²) in [7, 11) is 0. The highest BCUT2D eigenvalue weighted by molar-refractivity contribution is 4.88. The molecule has 0 bridgehead atoms. The average Bonchev–Trinajstić information content (AvgIpc) is 2.58. The van der Waals surface area contributed by atoms with Crippen LogP contribution >= 0.6 is 0 Å². The van der Waals surface area contributed by atoms with Gasteiger partial charge < -0.3 is 9.84 Å². The third kappa shape index (κ3) is 3.43. The van der Waals surface area contributed by atoms with E-state index in [-0.39, 0.29) is 6.10 Å². The van der Waals surface area contributed by atoms with Gasteiger partial charge in [0, 0.05) is 25.7 Å². The van der Waals surface area contributed by atoms with Crippen LogP contribution in [0.25, 0.3) is 0 Å². The molecule has 3 atom stereocenters. The van der Waals surface area contributed by atoms with E-state index in [1.54, 1.807) is 0 Å². The summed E-state index contributed by atoms with van der Waals surface area (Å²) in [5, 5.41) is 10.2. The molecular weight excluding hydrogens is 214 g/mol. The van der Waals surface area contributed by atoms with Crippen molar-refractivity contribution in [1.82, 2.24) is 4.90 Å². The smallest absolute Gasteiger partial charge is 0.0695 e. The Morgan fingerprint density at radius 1 is 1.18 bits per heavy atom. The Bertz CT molecular complexity index is 224. The Balaban J connectivity index is 1.95. The van der Waals surface area contributed by atoms with Gasteiger partial charge in [-0.05, 0) is 37.5 Å². The molecule has 2 rings (SSSR count). The van der Waals surface area contributed by atoms with Gasteiger partial charge in [0.25, 0.3) is 0 Å². The Morgan fingerprint density at radius 2 is 2.00 bits per heavy atom. The van der Waals surface area contributed by atoms with Crippen LogP contribution in [0.3, 0.4) is 0 Å². The third-order valence-electron chi connectivity index (χ3n) is 4.49. The summed E-state index contributed by atoms with van der Waals surface area (Å²) < 4.78 is 5.50. The van der Waals surface area contributed by atoms with Crippen LogP contribution in [0.4, 0.5) is 0 Å². The molecule has 17 heavy (non-hydrogen) atoms. The van der Waals surface area contributed by atoms with E-state index in [1.165, 1.54) is 12.8 Å². The van der Waals surface area contributed by atoms with Gasteiger partial charge in [-0.2, -0.15) is 0 Å². The molecule has 100 valence electrons. The molecule has 2 aliphatic rings. The normalized spacial score (nSPS) is 37.1. The van der Waals surface area contributed by atoms with Crippen molar-refractivity contribution in [2.45, 2.75) is 51.7 Å². The minimum Gasteiger partial charge on any atom is -0.391 e. The second kappa shape index (κ2) is 6.17. The van der Waals surface area contributed by atoms with Crippen LogP contribution in [0.2, 0.25) is 0 Å². The van der Waals surface area contributed by atoms with E-state index in [0.29, 0.717) is 6.04 Å². The van der Waals surface area contributed by atoms with Gasteiger partial charge >= 0.3 is 0 Å². The highest BCUT2D eigenvalue weighted by Gasteiger charge is 2.34. The van der Waals surface area contributed by atoms with Crippen molar-refractivity contribution in [3.8, 4) is 0 Å². The third-order valence-corrected chi connectivity index (χ3v) is 4.49. The van der Waals surface area contributed by atoms with E-state index in [0.717, 1.165) is 51.0 Å². The molecule has 0 spiro atoms. The Morgan fingerprint density at radius 3 is 2.76 bits per heavy atom. The lowest BCUT2D eigenvalue weighted by Gasteiger charge is -2.41. The molecule has 3 heteroatoms. The zero-order valence-corrected chi connectivity index (χ0v) is 11.3. The maximum Gasteiger partial charge on any atom is 0.0695 e. The molecule has 0 radical (unpaired) electrons. The molecule has 1 saturated heterocycles. The molecular formula is C14H27NO2. The minimum absolute atomic E-state index is 0.122. The first kappa shape index (κ1) is 13.3. The highest BCUT2D eigenvalue weighted by atomic mass is 16.5. The van der Waals surface area contributed by atoms with Crippen LogP contribution in [-0.2, 0) is 4.74 Å². The van der Waals surface area contributed by atoms with Crippen molar-refractivity contribution in [3.63, 3.8) is 0 Å². The average molecular weight is 241 g/mol. The Hall–Kier alpha value is -0.120. The van der Waals surface area contributed by atoms with Gasteiger partial charge in [0.05, 0.1) is 12.7 Å². The van der Waals surface area contributed by atoms with Crippen LogP contribution < -0.4 is 0 Å². The molecule has 1 aliphatic heterocycles. The van der Waals surface area contributed by atoms with Gasteiger partial charge in [0.15, 0.2) is 0 Å². The van der Waals surface area contributed by atoms with Gasteiger partial charge in [-0.1, -0.05) is 13.8 Å². The lowest BCUT2D eigenvalue weighted by Crippen LogP contribution is -2.48. The first-order valence-electron chi connectivity index (χ1n) is 7.18. The summed E-state index contributed by atoms with van der Waals surface area (Å²) >= 11 is 0. The van der Waals surface area contributed by atoms with Gasteiger partial charge in [0.1, 0.15) is 0 Å². The quantitative estimate of drug-likeness (QED) is 0.801. The Kier molecular flexibility index (Phi) is 4.83. The molecule has 3 nitrogen and oxygen atoms in total. The summed E-state index contributed by atoms with van der Waals surface area (Å²) in [6, 6.07) is 0.373. The molecule has 1 N–H and O–H groups in total. The van der Waals surface area contributed by atoms with E-state index in [9.17, 15) is 5.11 Å². The molecule has 1 saturated carbocycles. The number of aliphatic hydroxyl groups is 1. The standard InChI is InChI=1S/C14H27NO2/c1-11(2)12-4-5-14(16)13(10-12)15-6-3-8-17-9-7-15/h11-14,16H,3-10H2,1-2H3. The van der Waals surface area contributed by atoms with E-state index >= 15 is 0 Å². The molecule has 2 fully saturated rings. The number of aliphatic hydroxyl groups excluding tert-OH is 1. The first-order valence-corrected chi connectivity index (χ1v) is 7.18. The zero-order chi connectivity index (χ0) is 12.3. The SMILES string of the molecule is CC(C)C1CCC(O)C(N2CCCOCC2)C1. The number of ether oxygens (including phenoxy) is 1. The molecule has 0 aromatic carbocycles. The summed E-state index contributed by atoms with van der Waals surface area (Å²) in [4.78, 5) is 2.46. The second-order valence-electron chi connectivity index (χ2n) is 5.95. The fraction of sp³-hybridized carbons (Fsp3) is 1.00. The maximum atomic E-state index is 10.2. The van der Waals surface area contributed by atoms with Crippen LogP contribution in [0.5, 0.6) is 0 Å². The van der Waals surface area contributed by atoms with Crippen LogP contribution in [0, 0.1) is 11.8 Å². The molecule has 0 aromatic heterocycles. The molecule has 3 unspecified atom stereocenters. The highest BCUT2D eigenvalue weighted by Crippen LogP contribution is 2.33. The zero-order valence-electron chi connectivity index (χ0n) is 11.3. The van der Waals surface area contributed by atoms with E-state index < -0.39 is 0 Å². The first-order chi connectivity index (χ1) is 8.18. The topological polar surface area (TPSA) is 32.7 Å². The summed E-state index contributed by atoms with van der Waals surface area (Å²) in [5.74, 6) is 1.53. The predicted molar refractivity (Wildman–Crippen MR) is 69.0 cm³/mol. The van der Waals surface area contributed by atoms with Gasteiger partial charge in [-0.25, -0.2) is 0 Å². The Labute approximate surface area is 105 Å². The van der Waals surface area contributed by atoms with Crippen LogP contribution in [0.15, 0.2) is 0 Å². The van der Waals surface area contributed by atoms with Crippen LogP contribution in [0.1, 0.15) is 39.5 Å². The fourth-order valence-corrected chi connectivity index (χ4v) is 3.26. The molecule has 0 amide bonds. The van der Waals surface area contributed by atoms with Gasteiger partial charge in [-0.15, -0.1) is 0 Å². The largest absolute Gasteiger partial charge is 0.391 e. The minimum atomic E-state index is -0.122. The van der Waals surface area contributed by atoms with Gasteiger partial charge in [-0.3, -0.25) is 4.90 Å². The van der Waals surface area contributed by atoms with Crippen molar-refractivity contribution in [1.29, 1.82) is 0 Å². The lowest BCUT2D eigenvalue weighted by atomic mass is 9.77. The number of hydrogen-bond donors (Lipinski definition) is 1. The number of hydrogen-bond acceptors (Lipinski definition) is 3. The van der Waals surface area contributed by atoms with Crippen LogP contribution in [-0.4, -0.2) is 48.5 Å².